The van der Waals surface area contributed by atoms with Crippen molar-refractivity contribution in [2.24, 2.45) is 0 Å². The Morgan fingerprint density at radius 1 is 0.829 bits per heavy atom. The topological polar surface area (TPSA) is 101 Å². The number of para-hydroxylation sites is 1. The van der Waals surface area contributed by atoms with Crippen LogP contribution in [0.2, 0.25) is 0 Å². The summed E-state index contributed by atoms with van der Waals surface area (Å²) in [5.41, 5.74) is 3.60. The molecule has 0 saturated heterocycles. The standard InChI is InChI=1S/C32H27N5O4/c1-4-40-24-18-12-15-22(19-24)28-34-35-30-27-26(21-13-8-6-9-14-21)25(31(38)41-5-2)20(3)33-29(27)36(32(39)37(28)30)23-16-10-7-11-17-23/h6-19H,4-5H2,1-3H3. The maximum Gasteiger partial charge on any atom is 0.342 e. The summed E-state index contributed by atoms with van der Waals surface area (Å²) in [7, 11) is 0. The van der Waals surface area contributed by atoms with E-state index >= 15 is 0 Å². The first-order chi connectivity index (χ1) is 20.0. The minimum atomic E-state index is -0.502. The number of aromatic nitrogens is 5. The molecule has 0 aliphatic heterocycles. The molecule has 0 spiro atoms. The summed E-state index contributed by atoms with van der Waals surface area (Å²) in [5.74, 6) is 0.492. The van der Waals surface area contributed by atoms with E-state index in [4.69, 9.17) is 14.5 Å². The van der Waals surface area contributed by atoms with E-state index in [1.807, 2.05) is 91.9 Å². The van der Waals surface area contributed by atoms with Gasteiger partial charge < -0.3 is 9.47 Å². The highest BCUT2D eigenvalue weighted by atomic mass is 16.5. The Bertz CT molecular complexity index is 1960. The zero-order valence-corrected chi connectivity index (χ0v) is 22.9. The highest BCUT2D eigenvalue weighted by molar-refractivity contribution is 6.11. The molecule has 9 nitrogen and oxygen atoms in total. The molecule has 0 atom stereocenters. The lowest BCUT2D eigenvalue weighted by atomic mass is 9.95. The number of carbonyl (C=O) groups is 1. The summed E-state index contributed by atoms with van der Waals surface area (Å²) in [6, 6.07) is 26.1. The molecule has 0 saturated carbocycles. The summed E-state index contributed by atoms with van der Waals surface area (Å²) in [4.78, 5) is 32.6. The van der Waals surface area contributed by atoms with Crippen molar-refractivity contribution in [3.05, 3.63) is 107 Å². The van der Waals surface area contributed by atoms with Gasteiger partial charge in [0.25, 0.3) is 0 Å². The second-order valence-corrected chi connectivity index (χ2v) is 9.33. The van der Waals surface area contributed by atoms with Gasteiger partial charge in [0.05, 0.1) is 35.5 Å². The number of benzene rings is 3. The molecule has 6 aromatic rings. The Kier molecular flexibility index (Phi) is 6.76. The molecule has 0 amide bonds. The monoisotopic (exact) mass is 545 g/mol. The maximum atomic E-state index is 14.4. The van der Waals surface area contributed by atoms with E-state index in [0.717, 1.165) is 5.56 Å². The molecule has 41 heavy (non-hydrogen) atoms. The molecule has 204 valence electrons. The van der Waals surface area contributed by atoms with Crippen molar-refractivity contribution in [2.45, 2.75) is 20.8 Å². The fraction of sp³-hybridized carbons (Fsp3) is 0.156. The number of hydrogen-bond acceptors (Lipinski definition) is 7. The van der Waals surface area contributed by atoms with Gasteiger partial charge in [-0.15, -0.1) is 10.2 Å². The van der Waals surface area contributed by atoms with Gasteiger partial charge in [-0.1, -0.05) is 60.7 Å². The molecule has 0 unspecified atom stereocenters. The second-order valence-electron chi connectivity index (χ2n) is 9.33. The first-order valence-electron chi connectivity index (χ1n) is 13.4. The minimum Gasteiger partial charge on any atom is -0.494 e. The summed E-state index contributed by atoms with van der Waals surface area (Å²) >= 11 is 0. The van der Waals surface area contributed by atoms with Gasteiger partial charge in [0, 0.05) is 11.1 Å². The van der Waals surface area contributed by atoms with Crippen molar-refractivity contribution in [3.8, 4) is 34.0 Å². The molecule has 0 bridgehead atoms. The van der Waals surface area contributed by atoms with Crippen LogP contribution in [0.4, 0.5) is 0 Å². The smallest absolute Gasteiger partial charge is 0.342 e. The molecule has 0 radical (unpaired) electrons. The number of nitrogens with zero attached hydrogens (tertiary/aromatic N) is 5. The van der Waals surface area contributed by atoms with Crippen molar-refractivity contribution >= 4 is 22.6 Å². The highest BCUT2D eigenvalue weighted by Crippen LogP contribution is 2.36. The summed E-state index contributed by atoms with van der Waals surface area (Å²) in [5, 5.41) is 9.51. The fourth-order valence-corrected chi connectivity index (χ4v) is 5.11. The Hall–Kier alpha value is -5.31. The lowest BCUT2D eigenvalue weighted by molar-refractivity contribution is 0.0526. The largest absolute Gasteiger partial charge is 0.494 e. The average Bonchev–Trinajstić information content (AvgIpc) is 3.44. The predicted molar refractivity (Wildman–Crippen MR) is 157 cm³/mol. The molecule has 9 heteroatoms. The molecule has 0 aliphatic rings. The number of pyridine rings is 1. The van der Waals surface area contributed by atoms with Gasteiger partial charge in [0.2, 0.25) is 0 Å². The SMILES string of the molecule is CCOC(=O)c1c(C)nc2c(c1-c1ccccc1)c1nnc(-c3cccc(OCC)c3)n1c(=O)n2-c1ccccc1. The van der Waals surface area contributed by atoms with Gasteiger partial charge >= 0.3 is 11.7 Å². The van der Waals surface area contributed by atoms with E-state index < -0.39 is 11.7 Å². The molecule has 0 aliphatic carbocycles. The van der Waals surface area contributed by atoms with Crippen LogP contribution in [0.5, 0.6) is 5.75 Å². The third kappa shape index (κ3) is 4.41. The van der Waals surface area contributed by atoms with E-state index in [9.17, 15) is 9.59 Å². The van der Waals surface area contributed by atoms with E-state index in [2.05, 4.69) is 10.2 Å². The van der Waals surface area contributed by atoms with Crippen molar-refractivity contribution in [1.29, 1.82) is 0 Å². The van der Waals surface area contributed by atoms with Crippen molar-refractivity contribution in [3.63, 3.8) is 0 Å². The maximum absolute atomic E-state index is 14.4. The Morgan fingerprint density at radius 2 is 1.54 bits per heavy atom. The number of ether oxygens (including phenoxy) is 2. The normalized spacial score (nSPS) is 11.2. The highest BCUT2D eigenvalue weighted by Gasteiger charge is 2.28. The van der Waals surface area contributed by atoms with E-state index in [1.165, 1.54) is 8.97 Å². The van der Waals surface area contributed by atoms with Crippen LogP contribution >= 0.6 is 0 Å². The van der Waals surface area contributed by atoms with Gasteiger partial charge in [-0.25, -0.2) is 23.5 Å². The Morgan fingerprint density at radius 3 is 2.24 bits per heavy atom. The van der Waals surface area contributed by atoms with Crippen LogP contribution in [0, 0.1) is 6.92 Å². The average molecular weight is 546 g/mol. The van der Waals surface area contributed by atoms with Gasteiger partial charge in [-0.05, 0) is 50.6 Å². The number of esters is 1. The number of hydrogen-bond donors (Lipinski definition) is 0. The molecule has 3 aromatic carbocycles. The summed E-state index contributed by atoms with van der Waals surface area (Å²) < 4.78 is 14.2. The van der Waals surface area contributed by atoms with Crippen LogP contribution in [0.3, 0.4) is 0 Å². The summed E-state index contributed by atoms with van der Waals surface area (Å²) in [6.07, 6.45) is 0. The lowest BCUT2D eigenvalue weighted by Gasteiger charge is -2.18. The zero-order chi connectivity index (χ0) is 28.5. The zero-order valence-electron chi connectivity index (χ0n) is 22.9. The molecule has 6 rings (SSSR count). The van der Waals surface area contributed by atoms with Crippen molar-refractivity contribution < 1.29 is 14.3 Å². The van der Waals surface area contributed by atoms with Gasteiger partial charge in [0.1, 0.15) is 5.75 Å². The van der Waals surface area contributed by atoms with Gasteiger partial charge in [-0.3, -0.25) is 0 Å². The van der Waals surface area contributed by atoms with Crippen LogP contribution in [-0.4, -0.2) is 43.3 Å². The number of aryl methyl sites for hydroxylation is 1. The van der Waals surface area contributed by atoms with Crippen LogP contribution in [-0.2, 0) is 4.74 Å². The van der Waals surface area contributed by atoms with Crippen molar-refractivity contribution in [1.82, 2.24) is 24.1 Å². The van der Waals surface area contributed by atoms with E-state index in [0.29, 0.717) is 57.3 Å². The summed E-state index contributed by atoms with van der Waals surface area (Å²) in [6.45, 7) is 6.12. The Labute approximate surface area is 235 Å². The third-order valence-electron chi connectivity index (χ3n) is 6.80. The minimum absolute atomic E-state index is 0.203. The first kappa shape index (κ1) is 25.9. The molecular weight excluding hydrogens is 518 g/mol. The molecule has 0 N–H and O–H groups in total. The molecule has 3 aromatic heterocycles. The number of carbonyl (C=O) groups excluding carboxylic acids is 1. The number of fused-ring (bicyclic) bond motifs is 3. The van der Waals surface area contributed by atoms with Crippen LogP contribution in [0.15, 0.2) is 89.7 Å². The predicted octanol–water partition coefficient (Wildman–Crippen LogP) is 5.65. The van der Waals surface area contributed by atoms with Gasteiger partial charge in [-0.2, -0.15) is 0 Å². The van der Waals surface area contributed by atoms with Crippen molar-refractivity contribution in [2.75, 3.05) is 13.2 Å². The molecule has 0 fully saturated rings. The first-order valence-corrected chi connectivity index (χ1v) is 13.4. The lowest BCUT2D eigenvalue weighted by Crippen LogP contribution is -2.28. The van der Waals surface area contributed by atoms with Crippen LogP contribution in [0.25, 0.3) is 44.9 Å². The Balaban J connectivity index is 1.83. The second kappa shape index (κ2) is 10.7. The third-order valence-corrected chi connectivity index (χ3v) is 6.80. The van der Waals surface area contributed by atoms with E-state index in [-0.39, 0.29) is 12.3 Å². The van der Waals surface area contributed by atoms with E-state index in [1.54, 1.807) is 13.8 Å². The molecular formula is C32H27N5O4. The van der Waals surface area contributed by atoms with Crippen LogP contribution in [0.1, 0.15) is 29.9 Å². The van der Waals surface area contributed by atoms with Gasteiger partial charge in [0.15, 0.2) is 17.1 Å². The quantitative estimate of drug-likeness (QED) is 0.239. The van der Waals surface area contributed by atoms with Crippen LogP contribution < -0.4 is 10.4 Å². The number of rotatable bonds is 7. The fourth-order valence-electron chi connectivity index (χ4n) is 5.11. The molecule has 3 heterocycles.